The van der Waals surface area contributed by atoms with Crippen molar-refractivity contribution in [3.63, 3.8) is 0 Å². The van der Waals surface area contributed by atoms with Crippen LogP contribution in [-0.2, 0) is 0 Å². The minimum Gasteiger partial charge on any atom is -0.342 e. The SMILES string of the molecule is CNCCCN(C)C(=O)c1ccc(C)nc1C. The number of hydrogen-bond donors (Lipinski definition) is 1. The predicted octanol–water partition coefficient (Wildman–Crippen LogP) is 1.38. The molecule has 1 aromatic rings. The number of pyridine rings is 1. The number of amides is 1. The van der Waals surface area contributed by atoms with Crippen LogP contribution in [0.15, 0.2) is 12.1 Å². The third-order valence-corrected chi connectivity index (χ3v) is 2.72. The van der Waals surface area contributed by atoms with Crippen LogP contribution in [0.4, 0.5) is 0 Å². The molecule has 1 heterocycles. The van der Waals surface area contributed by atoms with Gasteiger partial charge in [0, 0.05) is 19.3 Å². The number of rotatable bonds is 5. The van der Waals surface area contributed by atoms with Gasteiger partial charge in [-0.1, -0.05) is 0 Å². The summed E-state index contributed by atoms with van der Waals surface area (Å²) in [4.78, 5) is 18.2. The Morgan fingerprint density at radius 3 is 2.71 bits per heavy atom. The second-order valence-electron chi connectivity index (χ2n) is 4.27. The molecule has 1 aromatic heterocycles. The molecule has 0 spiro atoms. The molecule has 0 saturated heterocycles. The fraction of sp³-hybridized carbons (Fsp3) is 0.538. The fourth-order valence-corrected chi connectivity index (χ4v) is 1.71. The number of nitrogens with one attached hydrogen (secondary N) is 1. The smallest absolute Gasteiger partial charge is 0.255 e. The minimum absolute atomic E-state index is 0.0473. The van der Waals surface area contributed by atoms with Gasteiger partial charge in [-0.25, -0.2) is 0 Å². The van der Waals surface area contributed by atoms with Crippen molar-refractivity contribution in [3.05, 3.63) is 29.1 Å². The van der Waals surface area contributed by atoms with Crippen LogP contribution in [0, 0.1) is 13.8 Å². The van der Waals surface area contributed by atoms with Gasteiger partial charge in [0.1, 0.15) is 0 Å². The summed E-state index contributed by atoms with van der Waals surface area (Å²) >= 11 is 0. The van der Waals surface area contributed by atoms with Gasteiger partial charge in [0.25, 0.3) is 5.91 Å². The molecule has 0 radical (unpaired) electrons. The van der Waals surface area contributed by atoms with Crippen molar-refractivity contribution < 1.29 is 4.79 Å². The summed E-state index contributed by atoms with van der Waals surface area (Å²) in [5.74, 6) is 0.0473. The van der Waals surface area contributed by atoms with Gasteiger partial charge in [-0.05, 0) is 46.0 Å². The molecule has 0 unspecified atom stereocenters. The molecular weight excluding hydrogens is 214 g/mol. The summed E-state index contributed by atoms with van der Waals surface area (Å²) in [5.41, 5.74) is 2.44. The molecule has 1 N–H and O–H groups in total. The summed E-state index contributed by atoms with van der Waals surface area (Å²) in [6.45, 7) is 5.48. The zero-order chi connectivity index (χ0) is 12.8. The van der Waals surface area contributed by atoms with Crippen LogP contribution < -0.4 is 5.32 Å². The third-order valence-electron chi connectivity index (χ3n) is 2.72. The lowest BCUT2D eigenvalue weighted by Gasteiger charge is -2.18. The van der Waals surface area contributed by atoms with Crippen LogP contribution in [-0.4, -0.2) is 43.0 Å². The third kappa shape index (κ3) is 3.82. The Morgan fingerprint density at radius 1 is 1.41 bits per heavy atom. The number of aromatic nitrogens is 1. The average Bonchev–Trinajstić information content (AvgIpc) is 2.28. The monoisotopic (exact) mass is 235 g/mol. The number of carbonyl (C=O) groups excluding carboxylic acids is 1. The number of hydrogen-bond acceptors (Lipinski definition) is 3. The molecule has 0 bridgehead atoms. The largest absolute Gasteiger partial charge is 0.342 e. The molecule has 0 saturated carbocycles. The summed E-state index contributed by atoms with van der Waals surface area (Å²) in [6, 6.07) is 3.73. The van der Waals surface area contributed by atoms with Crippen LogP contribution in [0.5, 0.6) is 0 Å². The van der Waals surface area contributed by atoms with Crippen molar-refractivity contribution in [3.8, 4) is 0 Å². The van der Waals surface area contributed by atoms with Gasteiger partial charge in [-0.2, -0.15) is 0 Å². The van der Waals surface area contributed by atoms with E-state index in [2.05, 4.69) is 10.3 Å². The van der Waals surface area contributed by atoms with Gasteiger partial charge >= 0.3 is 0 Å². The summed E-state index contributed by atoms with van der Waals surface area (Å²) < 4.78 is 0. The molecule has 4 nitrogen and oxygen atoms in total. The minimum atomic E-state index is 0.0473. The molecule has 0 atom stereocenters. The maximum atomic E-state index is 12.1. The van der Waals surface area contributed by atoms with E-state index in [9.17, 15) is 4.79 Å². The quantitative estimate of drug-likeness (QED) is 0.784. The van der Waals surface area contributed by atoms with Crippen molar-refractivity contribution >= 4 is 5.91 Å². The van der Waals surface area contributed by atoms with Crippen LogP contribution in [0.2, 0.25) is 0 Å². The lowest BCUT2D eigenvalue weighted by Crippen LogP contribution is -2.30. The Hall–Kier alpha value is -1.42. The van der Waals surface area contributed by atoms with Crippen LogP contribution in [0.1, 0.15) is 28.2 Å². The Morgan fingerprint density at radius 2 is 2.12 bits per heavy atom. The van der Waals surface area contributed by atoms with Crippen molar-refractivity contribution in [2.45, 2.75) is 20.3 Å². The van der Waals surface area contributed by atoms with E-state index < -0.39 is 0 Å². The Bertz CT molecular complexity index is 390. The van der Waals surface area contributed by atoms with Crippen molar-refractivity contribution in [1.29, 1.82) is 0 Å². The molecular formula is C13H21N3O. The molecule has 0 aliphatic carbocycles. The zero-order valence-corrected chi connectivity index (χ0v) is 11.1. The van der Waals surface area contributed by atoms with Gasteiger partial charge in [-0.15, -0.1) is 0 Å². The van der Waals surface area contributed by atoms with Crippen LogP contribution >= 0.6 is 0 Å². The van der Waals surface area contributed by atoms with Gasteiger partial charge in [0.2, 0.25) is 0 Å². The van der Waals surface area contributed by atoms with Crippen molar-refractivity contribution in [1.82, 2.24) is 15.2 Å². The standard InChI is InChI=1S/C13H21N3O/c1-10-6-7-12(11(2)15-10)13(17)16(4)9-5-8-14-3/h6-7,14H,5,8-9H2,1-4H3. The van der Waals surface area contributed by atoms with Crippen LogP contribution in [0.25, 0.3) is 0 Å². The first kappa shape index (κ1) is 13.6. The second kappa shape index (κ2) is 6.35. The van der Waals surface area contributed by atoms with E-state index in [1.807, 2.05) is 40.1 Å². The molecule has 0 fully saturated rings. The Labute approximate surface area is 103 Å². The summed E-state index contributed by atoms with van der Waals surface area (Å²) in [5, 5.41) is 3.07. The number of nitrogens with zero attached hydrogens (tertiary/aromatic N) is 2. The molecule has 94 valence electrons. The van der Waals surface area contributed by atoms with Gasteiger partial charge in [-0.3, -0.25) is 9.78 Å². The zero-order valence-electron chi connectivity index (χ0n) is 11.1. The molecule has 4 heteroatoms. The lowest BCUT2D eigenvalue weighted by atomic mass is 10.1. The maximum absolute atomic E-state index is 12.1. The maximum Gasteiger partial charge on any atom is 0.255 e. The highest BCUT2D eigenvalue weighted by molar-refractivity contribution is 5.95. The Balaban J connectivity index is 2.68. The normalized spacial score (nSPS) is 10.4. The highest BCUT2D eigenvalue weighted by Gasteiger charge is 2.14. The second-order valence-corrected chi connectivity index (χ2v) is 4.27. The number of carbonyl (C=O) groups is 1. The van der Waals surface area contributed by atoms with E-state index in [4.69, 9.17) is 0 Å². The first-order valence-electron chi connectivity index (χ1n) is 5.90. The fourth-order valence-electron chi connectivity index (χ4n) is 1.71. The Kier molecular flexibility index (Phi) is 5.10. The van der Waals surface area contributed by atoms with Gasteiger partial charge in [0.15, 0.2) is 0 Å². The highest BCUT2D eigenvalue weighted by Crippen LogP contribution is 2.09. The summed E-state index contributed by atoms with van der Waals surface area (Å²) in [6.07, 6.45) is 0.955. The van der Waals surface area contributed by atoms with E-state index in [-0.39, 0.29) is 5.91 Å². The van der Waals surface area contributed by atoms with E-state index >= 15 is 0 Å². The highest BCUT2D eigenvalue weighted by atomic mass is 16.2. The molecule has 0 aliphatic heterocycles. The van der Waals surface area contributed by atoms with E-state index in [0.717, 1.165) is 30.9 Å². The van der Waals surface area contributed by atoms with Crippen LogP contribution in [0.3, 0.4) is 0 Å². The molecule has 1 rings (SSSR count). The van der Waals surface area contributed by atoms with Gasteiger partial charge in [0.05, 0.1) is 11.3 Å². The summed E-state index contributed by atoms with van der Waals surface area (Å²) in [7, 11) is 3.74. The van der Waals surface area contributed by atoms with E-state index in [1.54, 1.807) is 4.90 Å². The first-order chi connectivity index (χ1) is 8.06. The van der Waals surface area contributed by atoms with E-state index in [1.165, 1.54) is 0 Å². The number of aryl methyl sites for hydroxylation is 2. The molecule has 0 aliphatic rings. The van der Waals surface area contributed by atoms with Crippen molar-refractivity contribution in [2.75, 3.05) is 27.2 Å². The first-order valence-corrected chi connectivity index (χ1v) is 5.90. The molecule has 0 aromatic carbocycles. The van der Waals surface area contributed by atoms with E-state index in [0.29, 0.717) is 5.56 Å². The predicted molar refractivity (Wildman–Crippen MR) is 69.2 cm³/mol. The van der Waals surface area contributed by atoms with Crippen molar-refractivity contribution in [2.24, 2.45) is 0 Å². The van der Waals surface area contributed by atoms with Gasteiger partial charge < -0.3 is 10.2 Å². The average molecular weight is 235 g/mol. The lowest BCUT2D eigenvalue weighted by molar-refractivity contribution is 0.0792. The molecule has 1 amide bonds. The topological polar surface area (TPSA) is 45.2 Å². The molecule has 17 heavy (non-hydrogen) atoms.